The Labute approximate surface area is 67.3 Å². The van der Waals surface area contributed by atoms with E-state index in [4.69, 9.17) is 15.3 Å². The van der Waals surface area contributed by atoms with E-state index in [0.29, 0.717) is 0 Å². The van der Waals surface area contributed by atoms with Gasteiger partial charge < -0.3 is 24.8 Å². The van der Waals surface area contributed by atoms with Crippen molar-refractivity contribution >= 4 is 5.97 Å². The molecule has 0 bridgehead atoms. The Kier molecular flexibility index (Phi) is 1.58. The number of esters is 1. The van der Waals surface area contributed by atoms with Crippen LogP contribution < -0.4 is 0 Å². The third kappa shape index (κ3) is 0.862. The van der Waals surface area contributed by atoms with Crippen molar-refractivity contribution in [3.05, 3.63) is 0 Å². The molecule has 2 heterocycles. The van der Waals surface area contributed by atoms with Gasteiger partial charge >= 0.3 is 5.97 Å². The number of fused-ring (bicyclic) bond motifs is 1. The molecule has 2 saturated heterocycles. The third-order valence-corrected chi connectivity index (χ3v) is 2.05. The van der Waals surface area contributed by atoms with Crippen LogP contribution in [-0.2, 0) is 14.3 Å². The first kappa shape index (κ1) is 7.93. The van der Waals surface area contributed by atoms with Gasteiger partial charge in [-0.15, -0.1) is 0 Å². The molecule has 0 saturated carbocycles. The minimum atomic E-state index is -1.40. The molecule has 3 N–H and O–H groups in total. The van der Waals surface area contributed by atoms with E-state index in [-0.39, 0.29) is 0 Å². The molecule has 0 aromatic heterocycles. The van der Waals surface area contributed by atoms with Gasteiger partial charge in [0.1, 0.15) is 12.2 Å². The van der Waals surface area contributed by atoms with E-state index < -0.39 is 36.7 Å². The van der Waals surface area contributed by atoms with Gasteiger partial charge in [-0.3, -0.25) is 0 Å². The van der Waals surface area contributed by atoms with E-state index >= 15 is 0 Å². The SMILES string of the molecule is O=C1O[C@@H]2[C@H](O)[C@H](O)O[C@@H]2[C@H]1O. The van der Waals surface area contributed by atoms with Gasteiger partial charge in [0.25, 0.3) is 0 Å². The molecule has 2 rings (SSSR count). The van der Waals surface area contributed by atoms with Crippen molar-refractivity contribution in [3.8, 4) is 0 Å². The Morgan fingerprint density at radius 1 is 1.17 bits per heavy atom. The lowest BCUT2D eigenvalue weighted by atomic mass is 10.1. The Morgan fingerprint density at radius 2 is 1.83 bits per heavy atom. The van der Waals surface area contributed by atoms with Crippen molar-refractivity contribution in [2.75, 3.05) is 0 Å². The number of carbonyl (C=O) groups is 1. The Balaban J connectivity index is 2.19. The van der Waals surface area contributed by atoms with Crippen molar-refractivity contribution in [1.82, 2.24) is 0 Å². The van der Waals surface area contributed by atoms with Crippen LogP contribution in [0.3, 0.4) is 0 Å². The number of rotatable bonds is 0. The summed E-state index contributed by atoms with van der Waals surface area (Å²) in [6.45, 7) is 0. The Morgan fingerprint density at radius 3 is 2.42 bits per heavy atom. The van der Waals surface area contributed by atoms with Crippen LogP contribution in [-0.4, -0.2) is 52.0 Å². The molecule has 12 heavy (non-hydrogen) atoms. The van der Waals surface area contributed by atoms with Crippen LogP contribution in [0, 0.1) is 0 Å². The summed E-state index contributed by atoms with van der Waals surface area (Å²) in [6.07, 6.45) is -5.94. The summed E-state index contributed by atoms with van der Waals surface area (Å²) < 4.78 is 9.25. The van der Waals surface area contributed by atoms with Gasteiger partial charge in [-0.1, -0.05) is 0 Å². The molecule has 2 fully saturated rings. The van der Waals surface area contributed by atoms with Gasteiger partial charge in [-0.05, 0) is 0 Å². The number of hydrogen-bond donors (Lipinski definition) is 3. The predicted octanol–water partition coefficient (Wildman–Crippen LogP) is -2.65. The fourth-order valence-electron chi connectivity index (χ4n) is 1.40. The van der Waals surface area contributed by atoms with Crippen LogP contribution in [0.2, 0.25) is 0 Å². The minimum Gasteiger partial charge on any atom is -0.454 e. The highest BCUT2D eigenvalue weighted by atomic mass is 16.7. The minimum absolute atomic E-state index is 0.823. The molecule has 0 aromatic rings. The van der Waals surface area contributed by atoms with E-state index in [2.05, 4.69) is 9.47 Å². The van der Waals surface area contributed by atoms with Crippen LogP contribution in [0.1, 0.15) is 0 Å². The molecule has 0 unspecified atom stereocenters. The highest BCUT2D eigenvalue weighted by Crippen LogP contribution is 2.30. The zero-order valence-electron chi connectivity index (χ0n) is 5.95. The fourth-order valence-corrected chi connectivity index (χ4v) is 1.40. The van der Waals surface area contributed by atoms with E-state index in [9.17, 15) is 4.79 Å². The average molecular weight is 176 g/mol. The number of carbonyl (C=O) groups excluding carboxylic acids is 1. The average Bonchev–Trinajstić information content (AvgIpc) is 2.43. The largest absolute Gasteiger partial charge is 0.454 e. The molecule has 0 radical (unpaired) electrons. The van der Waals surface area contributed by atoms with E-state index in [1.54, 1.807) is 0 Å². The molecule has 6 heteroatoms. The topological polar surface area (TPSA) is 96.2 Å². The van der Waals surface area contributed by atoms with Crippen molar-refractivity contribution in [1.29, 1.82) is 0 Å². The summed E-state index contributed by atoms with van der Waals surface area (Å²) in [5.41, 5.74) is 0. The van der Waals surface area contributed by atoms with Crippen LogP contribution in [0.5, 0.6) is 0 Å². The molecule has 5 atom stereocenters. The molecule has 0 aliphatic carbocycles. The fraction of sp³-hybridized carbons (Fsp3) is 0.833. The van der Waals surface area contributed by atoms with Crippen LogP contribution in [0.4, 0.5) is 0 Å². The maximum atomic E-state index is 10.7. The maximum Gasteiger partial charge on any atom is 0.338 e. The second kappa shape index (κ2) is 2.40. The highest BCUT2D eigenvalue weighted by Gasteiger charge is 2.56. The molecule has 2 aliphatic heterocycles. The molecule has 2 aliphatic rings. The lowest BCUT2D eigenvalue weighted by molar-refractivity contribution is -0.168. The van der Waals surface area contributed by atoms with Gasteiger partial charge in [-0.25, -0.2) is 4.79 Å². The first-order valence-corrected chi connectivity index (χ1v) is 3.51. The predicted molar refractivity (Wildman–Crippen MR) is 32.8 cm³/mol. The van der Waals surface area contributed by atoms with E-state index in [1.807, 2.05) is 0 Å². The molecule has 0 spiro atoms. The van der Waals surface area contributed by atoms with Gasteiger partial charge in [0, 0.05) is 0 Å². The van der Waals surface area contributed by atoms with Crippen LogP contribution >= 0.6 is 0 Å². The summed E-state index contributed by atoms with van der Waals surface area (Å²) >= 11 is 0. The number of aliphatic hydroxyl groups excluding tert-OH is 3. The van der Waals surface area contributed by atoms with Crippen molar-refractivity contribution < 1.29 is 29.6 Å². The monoisotopic (exact) mass is 176 g/mol. The van der Waals surface area contributed by atoms with Crippen LogP contribution in [0.25, 0.3) is 0 Å². The standard InChI is InChI=1S/C6H8O6/c7-1-3-4(12-5(1)9)2(8)6(10)11-3/h1-5,7-9H/t1-,2+,3+,4+,5+/m0/s1. The zero-order chi connectivity index (χ0) is 8.88. The molecule has 0 aromatic carbocycles. The normalized spacial score (nSPS) is 52.2. The quantitative estimate of drug-likeness (QED) is 0.349. The number of ether oxygens (including phenoxy) is 2. The second-order valence-electron chi connectivity index (χ2n) is 2.83. The second-order valence-corrected chi connectivity index (χ2v) is 2.83. The van der Waals surface area contributed by atoms with E-state index in [1.165, 1.54) is 0 Å². The summed E-state index contributed by atoms with van der Waals surface area (Å²) in [4.78, 5) is 10.7. The summed E-state index contributed by atoms with van der Waals surface area (Å²) in [5, 5.41) is 27.2. The first-order chi connectivity index (χ1) is 5.61. The molecular formula is C6H8O6. The summed E-state index contributed by atoms with van der Waals surface area (Å²) in [5.74, 6) is -0.823. The summed E-state index contributed by atoms with van der Waals surface area (Å²) in [7, 11) is 0. The zero-order valence-corrected chi connectivity index (χ0v) is 5.95. The van der Waals surface area contributed by atoms with Crippen molar-refractivity contribution in [2.24, 2.45) is 0 Å². The maximum absolute atomic E-state index is 10.7. The van der Waals surface area contributed by atoms with Crippen molar-refractivity contribution in [2.45, 2.75) is 30.7 Å². The Bertz CT molecular complexity index is 216. The lowest BCUT2D eigenvalue weighted by Crippen LogP contribution is -2.32. The summed E-state index contributed by atoms with van der Waals surface area (Å²) in [6, 6.07) is 0. The van der Waals surface area contributed by atoms with Gasteiger partial charge in [-0.2, -0.15) is 0 Å². The Hall–Kier alpha value is -0.690. The first-order valence-electron chi connectivity index (χ1n) is 3.51. The van der Waals surface area contributed by atoms with Gasteiger partial charge in [0.15, 0.2) is 18.5 Å². The molecular weight excluding hydrogens is 168 g/mol. The molecule has 68 valence electrons. The number of aliphatic hydroxyl groups is 3. The van der Waals surface area contributed by atoms with Crippen molar-refractivity contribution in [3.63, 3.8) is 0 Å². The highest BCUT2D eigenvalue weighted by molar-refractivity contribution is 5.78. The van der Waals surface area contributed by atoms with E-state index in [0.717, 1.165) is 0 Å². The van der Waals surface area contributed by atoms with Gasteiger partial charge in [0.05, 0.1) is 0 Å². The molecule has 6 nitrogen and oxygen atoms in total. The smallest absolute Gasteiger partial charge is 0.338 e. The number of hydrogen-bond acceptors (Lipinski definition) is 6. The van der Waals surface area contributed by atoms with Gasteiger partial charge in [0.2, 0.25) is 0 Å². The molecule has 0 amide bonds. The van der Waals surface area contributed by atoms with Crippen LogP contribution in [0.15, 0.2) is 0 Å². The third-order valence-electron chi connectivity index (χ3n) is 2.05. The lowest BCUT2D eigenvalue weighted by Gasteiger charge is -2.10.